The van der Waals surface area contributed by atoms with E-state index in [-0.39, 0.29) is 23.2 Å². The molecule has 5 nitrogen and oxygen atoms in total. The van der Waals surface area contributed by atoms with E-state index >= 15 is 0 Å². The first-order chi connectivity index (χ1) is 13.1. The largest absolute Gasteiger partial charge is 0.337 e. The molecular formula is C20H18F2N4O. The Morgan fingerprint density at radius 2 is 1.93 bits per heavy atom. The first-order valence-electron chi connectivity index (χ1n) is 8.82. The standard InChI is InChI=1S/C20H18F2N4O/c21-16-3-4-19(17(22)12-16)26-11-7-18(24-26)20(27)25-10-1-2-15(13-25)14-5-8-23-9-6-14/h3-9,11-12,15H,1-2,10,13H2. The van der Waals surface area contributed by atoms with Crippen molar-refractivity contribution in [3.05, 3.63) is 77.9 Å². The van der Waals surface area contributed by atoms with Crippen LogP contribution in [0.5, 0.6) is 0 Å². The van der Waals surface area contributed by atoms with Gasteiger partial charge in [0.1, 0.15) is 11.5 Å². The molecule has 27 heavy (non-hydrogen) atoms. The van der Waals surface area contributed by atoms with Crippen molar-refractivity contribution in [1.82, 2.24) is 19.7 Å². The molecule has 1 unspecified atom stereocenters. The van der Waals surface area contributed by atoms with E-state index in [4.69, 9.17) is 0 Å². The summed E-state index contributed by atoms with van der Waals surface area (Å²) >= 11 is 0. The molecule has 1 aliphatic heterocycles. The van der Waals surface area contributed by atoms with Crippen LogP contribution >= 0.6 is 0 Å². The number of carbonyl (C=O) groups is 1. The van der Waals surface area contributed by atoms with E-state index in [1.54, 1.807) is 23.4 Å². The lowest BCUT2D eigenvalue weighted by Gasteiger charge is -2.32. The Hall–Kier alpha value is -3.09. The van der Waals surface area contributed by atoms with Crippen molar-refractivity contribution in [1.29, 1.82) is 0 Å². The van der Waals surface area contributed by atoms with Crippen molar-refractivity contribution in [2.45, 2.75) is 18.8 Å². The number of hydrogen-bond acceptors (Lipinski definition) is 3. The number of likely N-dealkylation sites (tertiary alicyclic amines) is 1. The lowest BCUT2D eigenvalue weighted by molar-refractivity contribution is 0.0700. The molecule has 3 aromatic rings. The Bertz CT molecular complexity index is 958. The Labute approximate surface area is 155 Å². The van der Waals surface area contributed by atoms with Crippen molar-refractivity contribution in [2.24, 2.45) is 0 Å². The van der Waals surface area contributed by atoms with E-state index in [0.29, 0.717) is 13.1 Å². The van der Waals surface area contributed by atoms with Gasteiger partial charge in [-0.3, -0.25) is 9.78 Å². The molecule has 0 aliphatic carbocycles. The van der Waals surface area contributed by atoms with E-state index in [2.05, 4.69) is 10.1 Å². The van der Waals surface area contributed by atoms with Crippen molar-refractivity contribution < 1.29 is 13.6 Å². The summed E-state index contributed by atoms with van der Waals surface area (Å²) in [6.07, 6.45) is 6.95. The summed E-state index contributed by atoms with van der Waals surface area (Å²) in [5.41, 5.74) is 1.51. The number of aromatic nitrogens is 3. The normalized spacial score (nSPS) is 17.1. The molecular weight excluding hydrogens is 350 g/mol. The van der Waals surface area contributed by atoms with Crippen LogP contribution in [0.2, 0.25) is 0 Å². The number of halogens is 2. The summed E-state index contributed by atoms with van der Waals surface area (Å²) < 4.78 is 28.3. The summed E-state index contributed by atoms with van der Waals surface area (Å²) in [7, 11) is 0. The predicted octanol–water partition coefficient (Wildman–Crippen LogP) is 3.57. The van der Waals surface area contributed by atoms with Crippen LogP contribution in [-0.2, 0) is 0 Å². The molecule has 0 saturated carbocycles. The molecule has 7 heteroatoms. The molecule has 1 amide bonds. The molecule has 4 rings (SSSR count). The van der Waals surface area contributed by atoms with Crippen LogP contribution in [-0.4, -0.2) is 38.7 Å². The third-order valence-electron chi connectivity index (χ3n) is 4.85. The van der Waals surface area contributed by atoms with Gasteiger partial charge < -0.3 is 4.90 Å². The van der Waals surface area contributed by atoms with Gasteiger partial charge in [-0.2, -0.15) is 5.10 Å². The lowest BCUT2D eigenvalue weighted by atomic mass is 9.91. The SMILES string of the molecule is O=C(c1ccn(-c2ccc(F)cc2F)n1)N1CCCC(c2ccncc2)C1. The van der Waals surface area contributed by atoms with Crippen LogP contribution in [0, 0.1) is 11.6 Å². The Morgan fingerprint density at radius 3 is 2.70 bits per heavy atom. The number of pyridine rings is 1. The molecule has 3 heterocycles. The second-order valence-corrected chi connectivity index (χ2v) is 6.61. The molecule has 0 spiro atoms. The maximum absolute atomic E-state index is 13.9. The Morgan fingerprint density at radius 1 is 1.11 bits per heavy atom. The fourth-order valence-corrected chi connectivity index (χ4v) is 3.47. The molecule has 1 atom stereocenters. The lowest BCUT2D eigenvalue weighted by Crippen LogP contribution is -2.39. The Kier molecular flexibility index (Phi) is 4.66. The summed E-state index contributed by atoms with van der Waals surface area (Å²) in [5, 5.41) is 4.20. The van der Waals surface area contributed by atoms with Crippen LogP contribution in [0.1, 0.15) is 34.8 Å². The van der Waals surface area contributed by atoms with Crippen LogP contribution in [0.3, 0.4) is 0 Å². The highest BCUT2D eigenvalue weighted by atomic mass is 19.1. The first kappa shape index (κ1) is 17.3. The van der Waals surface area contributed by atoms with Crippen LogP contribution in [0.15, 0.2) is 55.0 Å². The van der Waals surface area contributed by atoms with Crippen molar-refractivity contribution >= 4 is 5.91 Å². The molecule has 1 aliphatic rings. The molecule has 0 bridgehead atoms. The monoisotopic (exact) mass is 368 g/mol. The number of hydrogen-bond donors (Lipinski definition) is 0. The summed E-state index contributed by atoms with van der Waals surface area (Å²) in [6.45, 7) is 1.28. The molecule has 1 saturated heterocycles. The van der Waals surface area contributed by atoms with Gasteiger partial charge in [0.05, 0.1) is 0 Å². The summed E-state index contributed by atoms with van der Waals surface area (Å²) in [6, 6.07) is 8.76. The number of rotatable bonds is 3. The van der Waals surface area contributed by atoms with Gasteiger partial charge in [-0.15, -0.1) is 0 Å². The van der Waals surface area contributed by atoms with Gasteiger partial charge in [-0.25, -0.2) is 13.5 Å². The minimum absolute atomic E-state index is 0.101. The van der Waals surface area contributed by atoms with Gasteiger partial charge in [-0.05, 0) is 48.7 Å². The quantitative estimate of drug-likeness (QED) is 0.710. The van der Waals surface area contributed by atoms with Gasteiger partial charge in [0.25, 0.3) is 5.91 Å². The maximum atomic E-state index is 13.9. The fourth-order valence-electron chi connectivity index (χ4n) is 3.47. The minimum atomic E-state index is -0.729. The van der Waals surface area contributed by atoms with Crippen molar-refractivity contribution in [3.63, 3.8) is 0 Å². The van der Waals surface area contributed by atoms with E-state index in [1.807, 2.05) is 12.1 Å². The predicted molar refractivity (Wildman–Crippen MR) is 95.6 cm³/mol. The number of benzene rings is 1. The van der Waals surface area contributed by atoms with Gasteiger partial charge >= 0.3 is 0 Å². The average Bonchev–Trinajstić information content (AvgIpc) is 3.18. The van der Waals surface area contributed by atoms with Gasteiger partial charge in [-0.1, -0.05) is 0 Å². The molecule has 0 radical (unpaired) electrons. The van der Waals surface area contributed by atoms with E-state index in [0.717, 1.165) is 25.0 Å². The topological polar surface area (TPSA) is 51.0 Å². The molecule has 2 aromatic heterocycles. The zero-order valence-electron chi connectivity index (χ0n) is 14.6. The number of piperidine rings is 1. The molecule has 138 valence electrons. The average molecular weight is 368 g/mol. The van der Waals surface area contributed by atoms with Crippen LogP contribution in [0.25, 0.3) is 5.69 Å². The summed E-state index contributed by atoms with van der Waals surface area (Å²) in [5.74, 6) is -1.31. The minimum Gasteiger partial charge on any atom is -0.337 e. The molecule has 1 aromatic carbocycles. The summed E-state index contributed by atoms with van der Waals surface area (Å²) in [4.78, 5) is 18.7. The zero-order valence-corrected chi connectivity index (χ0v) is 14.6. The first-order valence-corrected chi connectivity index (χ1v) is 8.82. The van der Waals surface area contributed by atoms with Crippen LogP contribution < -0.4 is 0 Å². The van der Waals surface area contributed by atoms with Gasteiger partial charge in [0.2, 0.25) is 0 Å². The van der Waals surface area contributed by atoms with E-state index in [9.17, 15) is 13.6 Å². The second kappa shape index (κ2) is 7.26. The van der Waals surface area contributed by atoms with Gasteiger partial charge in [0, 0.05) is 43.7 Å². The zero-order chi connectivity index (χ0) is 18.8. The second-order valence-electron chi connectivity index (χ2n) is 6.61. The highest BCUT2D eigenvalue weighted by Gasteiger charge is 2.26. The maximum Gasteiger partial charge on any atom is 0.274 e. The van der Waals surface area contributed by atoms with E-state index < -0.39 is 11.6 Å². The number of carbonyl (C=O) groups excluding carboxylic acids is 1. The highest BCUT2D eigenvalue weighted by Crippen LogP contribution is 2.27. The third-order valence-corrected chi connectivity index (χ3v) is 4.85. The Balaban J connectivity index is 1.52. The van der Waals surface area contributed by atoms with Crippen molar-refractivity contribution in [2.75, 3.05) is 13.1 Å². The fraction of sp³-hybridized carbons (Fsp3) is 0.250. The molecule has 1 fully saturated rings. The number of amides is 1. The number of nitrogens with zero attached hydrogens (tertiary/aromatic N) is 4. The third kappa shape index (κ3) is 3.58. The smallest absolute Gasteiger partial charge is 0.274 e. The van der Waals surface area contributed by atoms with Gasteiger partial charge in [0.15, 0.2) is 11.5 Å². The van der Waals surface area contributed by atoms with Crippen LogP contribution in [0.4, 0.5) is 8.78 Å². The molecule has 0 N–H and O–H groups in total. The highest BCUT2D eigenvalue weighted by molar-refractivity contribution is 5.92. The van der Waals surface area contributed by atoms with Crippen molar-refractivity contribution in [3.8, 4) is 5.69 Å². The van der Waals surface area contributed by atoms with E-state index in [1.165, 1.54) is 22.5 Å².